The van der Waals surface area contributed by atoms with Crippen LogP contribution in [-0.4, -0.2) is 96.2 Å². The molecule has 1 amide bonds. The van der Waals surface area contributed by atoms with E-state index in [1.54, 1.807) is 28.4 Å². The quantitative estimate of drug-likeness (QED) is 0.207. The van der Waals surface area contributed by atoms with E-state index < -0.39 is 5.91 Å². The molecule has 0 saturated carbocycles. The Morgan fingerprint density at radius 3 is 1.75 bits per heavy atom. The Labute approximate surface area is 190 Å². The van der Waals surface area contributed by atoms with Crippen LogP contribution in [-0.2, 0) is 18.9 Å². The molecule has 1 heterocycles. The van der Waals surface area contributed by atoms with E-state index in [1.807, 2.05) is 0 Å². The van der Waals surface area contributed by atoms with Gasteiger partial charge in [-0.05, 0) is 19.3 Å². The topological polar surface area (TPSA) is 133 Å². The van der Waals surface area contributed by atoms with Gasteiger partial charge in [-0.3, -0.25) is 9.59 Å². The molecule has 1 aromatic rings. The Balaban J connectivity index is 3.20. The van der Waals surface area contributed by atoms with E-state index in [0.717, 1.165) is 0 Å². The lowest BCUT2D eigenvalue weighted by molar-refractivity contribution is 0.0927. The van der Waals surface area contributed by atoms with Crippen LogP contribution in [0.2, 0.25) is 0 Å². The molecular formula is C21H37N5O6. The third-order valence-electron chi connectivity index (χ3n) is 4.35. The van der Waals surface area contributed by atoms with Gasteiger partial charge in [-0.2, -0.15) is 0 Å². The molecule has 0 unspecified atom stereocenters. The summed E-state index contributed by atoms with van der Waals surface area (Å²) in [6, 6.07) is 0. The van der Waals surface area contributed by atoms with Crippen molar-refractivity contribution >= 4 is 23.3 Å². The van der Waals surface area contributed by atoms with Crippen LogP contribution in [0, 0.1) is 0 Å². The van der Waals surface area contributed by atoms with Crippen LogP contribution < -0.4 is 16.0 Å². The third kappa shape index (κ3) is 10.3. The Morgan fingerprint density at radius 2 is 1.19 bits per heavy atom. The number of anilines is 2. The Morgan fingerprint density at radius 1 is 0.688 bits per heavy atom. The first-order valence-corrected chi connectivity index (χ1v) is 10.8. The monoisotopic (exact) mass is 455 g/mol. The van der Waals surface area contributed by atoms with Gasteiger partial charge in [-0.25, -0.2) is 9.97 Å². The second-order valence-corrected chi connectivity index (χ2v) is 6.93. The van der Waals surface area contributed by atoms with Crippen LogP contribution in [0.5, 0.6) is 0 Å². The molecule has 32 heavy (non-hydrogen) atoms. The summed E-state index contributed by atoms with van der Waals surface area (Å²) in [5.41, 5.74) is 0.308. The van der Waals surface area contributed by atoms with Gasteiger partial charge in [0.15, 0.2) is 28.8 Å². The summed E-state index contributed by atoms with van der Waals surface area (Å²) >= 11 is 0. The number of carbonyl (C=O) groups excluding carboxylic acids is 2. The van der Waals surface area contributed by atoms with Crippen molar-refractivity contribution in [3.63, 3.8) is 0 Å². The van der Waals surface area contributed by atoms with Gasteiger partial charge in [0, 0.05) is 74.3 Å². The van der Waals surface area contributed by atoms with E-state index in [-0.39, 0.29) is 35.2 Å². The summed E-state index contributed by atoms with van der Waals surface area (Å²) in [4.78, 5) is 34.6. The number of hydrogen-bond donors (Lipinski definition) is 3. The number of nitrogens with one attached hydrogen (secondary N) is 3. The molecule has 0 aliphatic heterocycles. The van der Waals surface area contributed by atoms with Crippen LogP contribution in [0.15, 0.2) is 0 Å². The van der Waals surface area contributed by atoms with Crippen molar-refractivity contribution in [1.82, 2.24) is 15.3 Å². The number of Topliss-reactive ketones (excluding diaryl/α,β-unsaturated/α-hetero) is 1. The Hall–Kier alpha value is -2.34. The number of ketones is 1. The smallest absolute Gasteiger partial charge is 0.273 e. The van der Waals surface area contributed by atoms with Gasteiger partial charge in [0.25, 0.3) is 5.91 Å². The van der Waals surface area contributed by atoms with Gasteiger partial charge in [-0.1, -0.05) is 0 Å². The standard InChI is InChI=1S/C21H37N5O6/c1-29-12-5-8-16(27)17-19(22-9-6-13-30-2)26-18(21(28)24-11-15-32-4)20(25-17)23-10-7-14-31-3/h5-15H2,1-4H3,(H,22,26)(H,23,25)(H,24,28). The molecule has 0 spiro atoms. The zero-order chi connectivity index (χ0) is 23.6. The third-order valence-corrected chi connectivity index (χ3v) is 4.35. The van der Waals surface area contributed by atoms with Crippen LogP contribution in [0.3, 0.4) is 0 Å². The van der Waals surface area contributed by atoms with Gasteiger partial charge in [0.2, 0.25) is 0 Å². The molecule has 11 nitrogen and oxygen atoms in total. The summed E-state index contributed by atoms with van der Waals surface area (Å²) in [6.07, 6.45) is 2.24. The van der Waals surface area contributed by atoms with Crippen molar-refractivity contribution in [2.45, 2.75) is 25.7 Å². The molecule has 0 atom stereocenters. The molecule has 1 rings (SSSR count). The van der Waals surface area contributed by atoms with Crippen LogP contribution in [0.25, 0.3) is 0 Å². The lowest BCUT2D eigenvalue weighted by Gasteiger charge is -2.16. The molecular weight excluding hydrogens is 418 g/mol. The molecule has 0 aliphatic carbocycles. The van der Waals surface area contributed by atoms with E-state index in [0.29, 0.717) is 65.3 Å². The van der Waals surface area contributed by atoms with E-state index >= 15 is 0 Å². The fraction of sp³-hybridized carbons (Fsp3) is 0.714. The fourth-order valence-electron chi connectivity index (χ4n) is 2.73. The van der Waals surface area contributed by atoms with Crippen molar-refractivity contribution in [3.05, 3.63) is 11.4 Å². The lowest BCUT2D eigenvalue weighted by atomic mass is 10.1. The highest BCUT2D eigenvalue weighted by molar-refractivity contribution is 6.02. The highest BCUT2D eigenvalue weighted by atomic mass is 16.5. The molecule has 1 aromatic heterocycles. The number of amides is 1. The van der Waals surface area contributed by atoms with Crippen LogP contribution in [0.1, 0.15) is 46.7 Å². The molecule has 3 N–H and O–H groups in total. The first kappa shape index (κ1) is 27.7. The summed E-state index contributed by atoms with van der Waals surface area (Å²) in [7, 11) is 6.39. The predicted molar refractivity (Wildman–Crippen MR) is 122 cm³/mol. The average molecular weight is 456 g/mol. The second-order valence-electron chi connectivity index (χ2n) is 6.93. The van der Waals surface area contributed by atoms with E-state index in [1.165, 1.54) is 0 Å². The first-order chi connectivity index (χ1) is 15.6. The number of hydrogen-bond acceptors (Lipinski definition) is 10. The van der Waals surface area contributed by atoms with E-state index in [9.17, 15) is 9.59 Å². The summed E-state index contributed by atoms with van der Waals surface area (Å²) in [5.74, 6) is -0.0337. The van der Waals surface area contributed by atoms with Gasteiger partial charge in [-0.15, -0.1) is 0 Å². The minimum absolute atomic E-state index is 0.112. The highest BCUT2D eigenvalue weighted by Gasteiger charge is 2.22. The molecule has 0 radical (unpaired) electrons. The second kappa shape index (κ2) is 17.2. The van der Waals surface area contributed by atoms with Crippen molar-refractivity contribution in [2.24, 2.45) is 0 Å². The van der Waals surface area contributed by atoms with Crippen molar-refractivity contribution in [2.75, 3.05) is 85.1 Å². The molecule has 0 saturated heterocycles. The molecule has 0 bridgehead atoms. The summed E-state index contributed by atoms with van der Waals surface area (Å²) in [5, 5.41) is 9.00. The molecule has 11 heteroatoms. The number of carbonyl (C=O) groups is 2. The number of rotatable bonds is 19. The molecule has 182 valence electrons. The van der Waals surface area contributed by atoms with Gasteiger partial charge in [0.05, 0.1) is 6.61 Å². The van der Waals surface area contributed by atoms with Crippen LogP contribution in [0.4, 0.5) is 11.6 Å². The van der Waals surface area contributed by atoms with Gasteiger partial charge in [0.1, 0.15) is 0 Å². The van der Waals surface area contributed by atoms with Crippen molar-refractivity contribution in [1.29, 1.82) is 0 Å². The van der Waals surface area contributed by atoms with Gasteiger partial charge < -0.3 is 34.9 Å². The van der Waals surface area contributed by atoms with Crippen LogP contribution >= 0.6 is 0 Å². The Kier molecular flexibility index (Phi) is 14.9. The molecule has 0 fully saturated rings. The zero-order valence-electron chi connectivity index (χ0n) is 19.6. The SMILES string of the molecule is COCCCNc1nc(C(=O)NCCOC)c(NCCCOC)nc1C(=O)CCCOC. The minimum atomic E-state index is -0.401. The maximum Gasteiger partial charge on any atom is 0.273 e. The van der Waals surface area contributed by atoms with Crippen molar-refractivity contribution in [3.8, 4) is 0 Å². The first-order valence-electron chi connectivity index (χ1n) is 10.8. The fourth-order valence-corrected chi connectivity index (χ4v) is 2.73. The summed E-state index contributed by atoms with van der Waals surface area (Å²) in [6.45, 7) is 3.31. The number of aromatic nitrogens is 2. The number of ether oxygens (including phenoxy) is 4. The van der Waals surface area contributed by atoms with E-state index in [2.05, 4.69) is 25.9 Å². The normalized spacial score (nSPS) is 10.8. The van der Waals surface area contributed by atoms with E-state index in [4.69, 9.17) is 18.9 Å². The highest BCUT2D eigenvalue weighted by Crippen LogP contribution is 2.20. The maximum atomic E-state index is 12.9. The number of methoxy groups -OCH3 is 4. The Bertz CT molecular complexity index is 631. The number of nitrogens with zero attached hydrogens (tertiary/aromatic N) is 2. The summed E-state index contributed by atoms with van der Waals surface area (Å²) < 4.78 is 20.2. The lowest BCUT2D eigenvalue weighted by Crippen LogP contribution is -2.30. The van der Waals surface area contributed by atoms with Crippen molar-refractivity contribution < 1.29 is 28.5 Å². The average Bonchev–Trinajstić information content (AvgIpc) is 2.79. The predicted octanol–water partition coefficient (Wildman–Crippen LogP) is 1.36. The van der Waals surface area contributed by atoms with Gasteiger partial charge >= 0.3 is 0 Å². The maximum absolute atomic E-state index is 12.9. The minimum Gasteiger partial charge on any atom is -0.385 e. The molecule has 0 aliphatic rings. The largest absolute Gasteiger partial charge is 0.385 e. The zero-order valence-corrected chi connectivity index (χ0v) is 19.6. The molecule has 0 aromatic carbocycles.